The Labute approximate surface area is 150 Å². The van der Waals surface area contributed by atoms with Crippen LogP contribution in [-0.2, 0) is 28.6 Å². The van der Waals surface area contributed by atoms with Crippen LogP contribution in [0.15, 0.2) is 24.3 Å². The highest BCUT2D eigenvalue weighted by Crippen LogP contribution is 2.39. The summed E-state index contributed by atoms with van der Waals surface area (Å²) in [5.74, 6) is -1.69. The third kappa shape index (κ3) is 7.11. The quantitative estimate of drug-likeness (QED) is 0.378. The van der Waals surface area contributed by atoms with Gasteiger partial charge in [0.2, 0.25) is 0 Å². The van der Waals surface area contributed by atoms with Crippen molar-refractivity contribution in [1.82, 2.24) is 0 Å². The van der Waals surface area contributed by atoms with Gasteiger partial charge in [-0.25, -0.2) is 9.59 Å². The molecule has 0 amide bonds. The van der Waals surface area contributed by atoms with Crippen LogP contribution >= 0.6 is 0 Å². The molecule has 0 rings (SSSR count). The molecule has 0 saturated heterocycles. The molecule has 0 unspecified atom stereocenters. The lowest BCUT2D eigenvalue weighted by Crippen LogP contribution is -2.42. The summed E-state index contributed by atoms with van der Waals surface area (Å²) in [6, 6.07) is 0. The summed E-state index contributed by atoms with van der Waals surface area (Å²) in [6.07, 6.45) is -0.916. The van der Waals surface area contributed by atoms with Crippen molar-refractivity contribution in [2.45, 2.75) is 54.6 Å². The van der Waals surface area contributed by atoms with Crippen LogP contribution in [0.1, 0.15) is 48.5 Å². The minimum Gasteiger partial charge on any atom is -0.458 e. The lowest BCUT2D eigenvalue weighted by atomic mass is 9.69. The number of rotatable bonds is 8. The molecule has 0 aliphatic rings. The summed E-state index contributed by atoms with van der Waals surface area (Å²) in [5.41, 5.74) is -0.697. The Balaban J connectivity index is 5.07. The van der Waals surface area contributed by atoms with Crippen LogP contribution in [0.4, 0.5) is 0 Å². The Bertz CT molecular complexity index is 521. The molecule has 142 valence electrons. The van der Waals surface area contributed by atoms with Crippen molar-refractivity contribution >= 4 is 17.9 Å². The zero-order valence-corrected chi connectivity index (χ0v) is 16.4. The van der Waals surface area contributed by atoms with Crippen LogP contribution in [0, 0.1) is 10.8 Å². The average molecular weight is 354 g/mol. The van der Waals surface area contributed by atoms with Gasteiger partial charge in [0.05, 0.1) is 5.41 Å². The molecule has 0 aliphatic carbocycles. The van der Waals surface area contributed by atoms with Gasteiger partial charge in [-0.3, -0.25) is 4.79 Å². The second-order valence-electron chi connectivity index (χ2n) is 7.66. The first-order valence-electron chi connectivity index (χ1n) is 8.06. The summed E-state index contributed by atoms with van der Waals surface area (Å²) in [5, 5.41) is 0. The van der Waals surface area contributed by atoms with Gasteiger partial charge in [0.15, 0.2) is 6.10 Å². The predicted octanol–water partition coefficient (Wildman–Crippen LogP) is 3.21. The van der Waals surface area contributed by atoms with Crippen LogP contribution in [0.25, 0.3) is 0 Å². The molecule has 0 aromatic rings. The molecule has 0 radical (unpaired) electrons. The fourth-order valence-electron chi connectivity index (χ4n) is 1.30. The van der Waals surface area contributed by atoms with Crippen LogP contribution in [0.5, 0.6) is 0 Å². The van der Waals surface area contributed by atoms with E-state index in [1.54, 1.807) is 13.8 Å². The maximum absolute atomic E-state index is 12.5. The molecule has 0 saturated carbocycles. The predicted molar refractivity (Wildman–Crippen MR) is 94.7 cm³/mol. The molecular formula is C19H30O6. The van der Waals surface area contributed by atoms with Crippen molar-refractivity contribution in [2.75, 3.05) is 13.2 Å². The van der Waals surface area contributed by atoms with Crippen molar-refractivity contribution in [1.29, 1.82) is 0 Å². The monoisotopic (exact) mass is 354 g/mol. The van der Waals surface area contributed by atoms with Crippen LogP contribution in [0.3, 0.4) is 0 Å². The summed E-state index contributed by atoms with van der Waals surface area (Å²) >= 11 is 0. The van der Waals surface area contributed by atoms with Gasteiger partial charge >= 0.3 is 17.9 Å². The van der Waals surface area contributed by atoms with Gasteiger partial charge in [0.1, 0.15) is 13.2 Å². The average Bonchev–Trinajstić information content (AvgIpc) is 2.47. The normalized spacial score (nSPS) is 11.7. The summed E-state index contributed by atoms with van der Waals surface area (Å²) in [6.45, 7) is 18.8. The van der Waals surface area contributed by atoms with Crippen LogP contribution in [0.2, 0.25) is 0 Å². The number of ether oxygens (including phenoxy) is 3. The van der Waals surface area contributed by atoms with E-state index in [0.717, 1.165) is 0 Å². The molecule has 6 nitrogen and oxygen atoms in total. The van der Waals surface area contributed by atoms with E-state index in [1.807, 2.05) is 20.8 Å². The Morgan fingerprint density at radius 1 is 0.840 bits per heavy atom. The van der Waals surface area contributed by atoms with Crippen LogP contribution in [-0.4, -0.2) is 37.2 Å². The number of hydrogen-bond acceptors (Lipinski definition) is 6. The summed E-state index contributed by atoms with van der Waals surface area (Å²) in [4.78, 5) is 35.6. The third-order valence-electron chi connectivity index (χ3n) is 4.16. The molecule has 0 heterocycles. The van der Waals surface area contributed by atoms with E-state index in [0.29, 0.717) is 0 Å². The Hall–Kier alpha value is -2.11. The lowest BCUT2D eigenvalue weighted by molar-refractivity contribution is -0.176. The fraction of sp³-hybridized carbons (Fsp3) is 0.632. The summed E-state index contributed by atoms with van der Waals surface area (Å²) < 4.78 is 15.5. The number of carbonyl (C=O) groups excluding carboxylic acids is 3. The van der Waals surface area contributed by atoms with E-state index in [2.05, 4.69) is 13.2 Å². The molecule has 0 aromatic heterocycles. The Kier molecular flexibility index (Phi) is 8.09. The SMILES string of the molecule is C=C(C)C(=O)OCC(COC(=O)C(=C)C)OC(=O)C(C)(C)C(C)(C)C. The smallest absolute Gasteiger partial charge is 0.333 e. The maximum atomic E-state index is 12.5. The Morgan fingerprint density at radius 3 is 1.48 bits per heavy atom. The second kappa shape index (κ2) is 8.83. The summed E-state index contributed by atoms with van der Waals surface area (Å²) in [7, 11) is 0. The first-order chi connectivity index (χ1) is 11.2. The van der Waals surface area contributed by atoms with Gasteiger partial charge in [-0.2, -0.15) is 0 Å². The van der Waals surface area contributed by atoms with Crippen molar-refractivity contribution in [3.8, 4) is 0 Å². The van der Waals surface area contributed by atoms with Crippen molar-refractivity contribution in [3.05, 3.63) is 24.3 Å². The second-order valence-corrected chi connectivity index (χ2v) is 7.66. The van der Waals surface area contributed by atoms with Crippen molar-refractivity contribution in [3.63, 3.8) is 0 Å². The van der Waals surface area contributed by atoms with Gasteiger partial charge in [0, 0.05) is 11.1 Å². The fourth-order valence-corrected chi connectivity index (χ4v) is 1.30. The number of carbonyl (C=O) groups is 3. The first-order valence-corrected chi connectivity index (χ1v) is 8.06. The molecule has 0 aliphatic heterocycles. The van der Waals surface area contributed by atoms with Gasteiger partial charge < -0.3 is 14.2 Å². The van der Waals surface area contributed by atoms with E-state index in [-0.39, 0.29) is 29.8 Å². The highest BCUT2D eigenvalue weighted by atomic mass is 16.6. The molecule has 0 bridgehead atoms. The lowest BCUT2D eigenvalue weighted by Gasteiger charge is -2.37. The first kappa shape index (κ1) is 22.9. The Morgan fingerprint density at radius 2 is 1.20 bits per heavy atom. The standard InChI is InChI=1S/C19H30O6/c1-12(2)15(20)23-10-14(11-24-16(21)13(3)4)25-17(22)19(8,9)18(5,6)7/h14H,1,3,10-11H2,2,4-9H3. The molecule has 6 heteroatoms. The third-order valence-corrected chi connectivity index (χ3v) is 4.16. The minimum absolute atomic E-state index is 0.221. The molecule has 25 heavy (non-hydrogen) atoms. The minimum atomic E-state index is -0.916. The van der Waals surface area contributed by atoms with Crippen molar-refractivity contribution < 1.29 is 28.6 Å². The maximum Gasteiger partial charge on any atom is 0.333 e. The number of esters is 3. The van der Waals surface area contributed by atoms with E-state index in [9.17, 15) is 14.4 Å². The van der Waals surface area contributed by atoms with E-state index >= 15 is 0 Å². The topological polar surface area (TPSA) is 78.9 Å². The molecule has 0 atom stereocenters. The van der Waals surface area contributed by atoms with Gasteiger partial charge in [-0.1, -0.05) is 33.9 Å². The van der Waals surface area contributed by atoms with Gasteiger partial charge in [0.25, 0.3) is 0 Å². The van der Waals surface area contributed by atoms with Crippen LogP contribution < -0.4 is 0 Å². The highest BCUT2D eigenvalue weighted by Gasteiger charge is 2.42. The highest BCUT2D eigenvalue weighted by molar-refractivity contribution is 5.87. The molecule has 0 spiro atoms. The zero-order valence-electron chi connectivity index (χ0n) is 16.4. The molecule has 0 fully saturated rings. The molecular weight excluding hydrogens is 324 g/mol. The van der Waals surface area contributed by atoms with E-state index < -0.39 is 29.4 Å². The number of hydrogen-bond donors (Lipinski definition) is 0. The largest absolute Gasteiger partial charge is 0.458 e. The van der Waals surface area contributed by atoms with E-state index in [4.69, 9.17) is 14.2 Å². The van der Waals surface area contributed by atoms with Gasteiger partial charge in [-0.15, -0.1) is 0 Å². The molecule has 0 aromatic carbocycles. The van der Waals surface area contributed by atoms with E-state index in [1.165, 1.54) is 13.8 Å². The van der Waals surface area contributed by atoms with Crippen molar-refractivity contribution in [2.24, 2.45) is 10.8 Å². The van der Waals surface area contributed by atoms with Gasteiger partial charge in [-0.05, 0) is 33.1 Å². The zero-order chi connectivity index (χ0) is 20.0. The molecule has 0 N–H and O–H groups in total.